The second-order valence-electron chi connectivity index (χ2n) is 7.83. The van der Waals surface area contributed by atoms with Crippen LogP contribution < -0.4 is 10.3 Å². The first kappa shape index (κ1) is 22.6. The van der Waals surface area contributed by atoms with E-state index in [0.717, 1.165) is 16.9 Å². The Kier molecular flexibility index (Phi) is 5.47. The SMILES string of the molecule is COC(=O)c1sc(N2C(=O)c3oc4ccc(C)cc4c(=O)c3C2c2ccc(Cl)c(Cl)c2)nc1C. The fourth-order valence-corrected chi connectivity index (χ4v) is 5.37. The summed E-state index contributed by atoms with van der Waals surface area (Å²) in [5.74, 6) is -1.19. The van der Waals surface area contributed by atoms with E-state index in [1.165, 1.54) is 12.0 Å². The standard InChI is InChI=1S/C24H16Cl2N2O5S/c1-10-4-7-16-13(8-10)19(29)17-18(12-5-6-14(25)15(26)9-12)28(22(30)20(17)33-16)24-27-11(2)21(34-24)23(31)32-3/h4-9,18H,1-3H3. The third-order valence-electron chi connectivity index (χ3n) is 5.65. The van der Waals surface area contributed by atoms with Gasteiger partial charge in [0.1, 0.15) is 10.5 Å². The maximum Gasteiger partial charge on any atom is 0.350 e. The van der Waals surface area contributed by atoms with Gasteiger partial charge in [0.25, 0.3) is 5.91 Å². The quantitative estimate of drug-likeness (QED) is 0.325. The van der Waals surface area contributed by atoms with Crippen molar-refractivity contribution in [3.63, 3.8) is 0 Å². The number of aryl methyl sites for hydroxylation is 2. The van der Waals surface area contributed by atoms with Crippen LogP contribution in [0.3, 0.4) is 0 Å². The molecule has 0 bridgehead atoms. The van der Waals surface area contributed by atoms with Gasteiger partial charge >= 0.3 is 5.97 Å². The molecular formula is C24H16Cl2N2O5S. The minimum Gasteiger partial charge on any atom is -0.465 e. The molecule has 0 spiro atoms. The number of hydrogen-bond donors (Lipinski definition) is 0. The molecule has 1 aliphatic rings. The first-order valence-electron chi connectivity index (χ1n) is 10.1. The molecule has 5 rings (SSSR count). The van der Waals surface area contributed by atoms with Crippen molar-refractivity contribution in [1.82, 2.24) is 4.98 Å². The van der Waals surface area contributed by atoms with E-state index in [1.807, 2.05) is 6.92 Å². The number of nitrogens with zero attached hydrogens (tertiary/aromatic N) is 2. The molecule has 34 heavy (non-hydrogen) atoms. The Labute approximate surface area is 207 Å². The third-order valence-corrected chi connectivity index (χ3v) is 7.52. The van der Waals surface area contributed by atoms with E-state index in [-0.39, 0.29) is 31.8 Å². The van der Waals surface area contributed by atoms with E-state index in [0.29, 0.717) is 27.2 Å². The second-order valence-corrected chi connectivity index (χ2v) is 9.62. The number of halogens is 2. The van der Waals surface area contributed by atoms with Crippen LogP contribution in [0.15, 0.2) is 45.6 Å². The molecule has 1 amide bonds. The molecule has 172 valence electrons. The Morgan fingerprint density at radius 3 is 2.59 bits per heavy atom. The molecule has 1 aliphatic heterocycles. The van der Waals surface area contributed by atoms with Gasteiger partial charge in [0, 0.05) is 0 Å². The Bertz CT molecular complexity index is 1580. The number of hydrogen-bond acceptors (Lipinski definition) is 7. The highest BCUT2D eigenvalue weighted by atomic mass is 35.5. The van der Waals surface area contributed by atoms with Crippen molar-refractivity contribution in [2.75, 3.05) is 12.0 Å². The average Bonchev–Trinajstić information content (AvgIpc) is 3.33. The summed E-state index contributed by atoms with van der Waals surface area (Å²) in [7, 11) is 1.27. The minimum absolute atomic E-state index is 0.0788. The van der Waals surface area contributed by atoms with Crippen LogP contribution >= 0.6 is 34.5 Å². The molecule has 10 heteroatoms. The van der Waals surface area contributed by atoms with Gasteiger partial charge in [0.2, 0.25) is 5.76 Å². The molecule has 2 aromatic carbocycles. The molecule has 1 unspecified atom stereocenters. The lowest BCUT2D eigenvalue weighted by atomic mass is 9.98. The van der Waals surface area contributed by atoms with Crippen molar-refractivity contribution in [2.45, 2.75) is 19.9 Å². The van der Waals surface area contributed by atoms with Crippen molar-refractivity contribution in [2.24, 2.45) is 0 Å². The highest BCUT2D eigenvalue weighted by Crippen LogP contribution is 2.44. The number of anilines is 1. The number of methoxy groups -OCH3 is 1. The van der Waals surface area contributed by atoms with E-state index < -0.39 is 17.9 Å². The number of thiazole rings is 1. The highest BCUT2D eigenvalue weighted by molar-refractivity contribution is 7.17. The number of esters is 1. The smallest absolute Gasteiger partial charge is 0.350 e. The van der Waals surface area contributed by atoms with Crippen molar-refractivity contribution in [3.05, 3.63) is 89.7 Å². The van der Waals surface area contributed by atoms with Crippen LogP contribution in [0, 0.1) is 13.8 Å². The zero-order valence-electron chi connectivity index (χ0n) is 18.1. The monoisotopic (exact) mass is 514 g/mol. The largest absolute Gasteiger partial charge is 0.465 e. The average molecular weight is 515 g/mol. The van der Waals surface area contributed by atoms with Gasteiger partial charge < -0.3 is 9.15 Å². The highest BCUT2D eigenvalue weighted by Gasteiger charge is 2.45. The predicted octanol–water partition coefficient (Wildman–Crippen LogP) is 5.71. The molecule has 7 nitrogen and oxygen atoms in total. The lowest BCUT2D eigenvalue weighted by molar-refractivity contribution is 0.0605. The molecule has 0 fully saturated rings. The van der Waals surface area contributed by atoms with Gasteiger partial charge in [0.05, 0.1) is 39.8 Å². The molecule has 0 radical (unpaired) electrons. The Hall–Kier alpha value is -3.20. The summed E-state index contributed by atoms with van der Waals surface area (Å²) in [6, 6.07) is 9.21. The van der Waals surface area contributed by atoms with Gasteiger partial charge in [-0.05, 0) is 43.7 Å². The third kappa shape index (κ3) is 3.41. The van der Waals surface area contributed by atoms with Gasteiger partial charge in [-0.25, -0.2) is 9.78 Å². The zero-order valence-corrected chi connectivity index (χ0v) is 20.5. The summed E-state index contributed by atoms with van der Waals surface area (Å²) < 4.78 is 10.8. The van der Waals surface area contributed by atoms with E-state index in [2.05, 4.69) is 4.98 Å². The van der Waals surface area contributed by atoms with E-state index >= 15 is 0 Å². The summed E-state index contributed by atoms with van der Waals surface area (Å²) in [6.07, 6.45) is 0. The molecule has 0 saturated carbocycles. The fourth-order valence-electron chi connectivity index (χ4n) is 4.05. The Morgan fingerprint density at radius 1 is 1.12 bits per heavy atom. The van der Waals surface area contributed by atoms with Crippen LogP contribution in [0.25, 0.3) is 11.0 Å². The number of ether oxygens (including phenoxy) is 1. The maximum atomic E-state index is 13.7. The zero-order chi connectivity index (χ0) is 24.3. The predicted molar refractivity (Wildman–Crippen MR) is 131 cm³/mol. The van der Waals surface area contributed by atoms with Gasteiger partial charge in [-0.2, -0.15) is 0 Å². The molecule has 4 aromatic rings. The van der Waals surface area contributed by atoms with Crippen molar-refractivity contribution in [3.8, 4) is 0 Å². The number of benzene rings is 2. The first-order valence-corrected chi connectivity index (χ1v) is 11.7. The number of carbonyl (C=O) groups excluding carboxylic acids is 2. The Balaban J connectivity index is 1.80. The van der Waals surface area contributed by atoms with Gasteiger partial charge in [-0.1, -0.05) is 52.2 Å². The molecule has 0 saturated heterocycles. The topological polar surface area (TPSA) is 89.7 Å². The molecule has 2 aromatic heterocycles. The van der Waals surface area contributed by atoms with Gasteiger partial charge in [0.15, 0.2) is 10.6 Å². The summed E-state index contributed by atoms with van der Waals surface area (Å²) in [4.78, 5) is 45.5. The molecule has 1 atom stereocenters. The number of fused-ring (bicyclic) bond motifs is 2. The summed E-state index contributed by atoms with van der Waals surface area (Å²) in [5, 5.41) is 1.20. The lowest BCUT2D eigenvalue weighted by Gasteiger charge is -2.22. The molecule has 0 aliphatic carbocycles. The van der Waals surface area contributed by atoms with Crippen LogP contribution in [0.2, 0.25) is 10.0 Å². The summed E-state index contributed by atoms with van der Waals surface area (Å²) >= 11 is 13.4. The fraction of sp³-hybridized carbons (Fsp3) is 0.167. The van der Waals surface area contributed by atoms with E-state index in [1.54, 1.807) is 43.3 Å². The van der Waals surface area contributed by atoms with Crippen LogP contribution in [0.1, 0.15) is 48.7 Å². The normalized spacial score (nSPS) is 15.1. The van der Waals surface area contributed by atoms with Crippen LogP contribution in [0.4, 0.5) is 5.13 Å². The van der Waals surface area contributed by atoms with Gasteiger partial charge in [-0.3, -0.25) is 14.5 Å². The lowest BCUT2D eigenvalue weighted by Crippen LogP contribution is -2.29. The van der Waals surface area contributed by atoms with E-state index in [9.17, 15) is 14.4 Å². The minimum atomic E-state index is -0.880. The maximum absolute atomic E-state index is 13.7. The van der Waals surface area contributed by atoms with Crippen LogP contribution in [-0.4, -0.2) is 24.0 Å². The summed E-state index contributed by atoms with van der Waals surface area (Å²) in [5.41, 5.74) is 1.99. The van der Waals surface area contributed by atoms with Crippen LogP contribution in [-0.2, 0) is 4.74 Å². The number of aromatic nitrogens is 1. The van der Waals surface area contributed by atoms with E-state index in [4.69, 9.17) is 32.4 Å². The second kappa shape index (κ2) is 8.23. The van der Waals surface area contributed by atoms with Gasteiger partial charge in [-0.15, -0.1) is 0 Å². The van der Waals surface area contributed by atoms with Crippen molar-refractivity contribution < 1.29 is 18.7 Å². The summed E-state index contributed by atoms with van der Waals surface area (Å²) in [6.45, 7) is 3.52. The first-order chi connectivity index (χ1) is 16.2. The van der Waals surface area contributed by atoms with Crippen molar-refractivity contribution >= 4 is 62.5 Å². The van der Waals surface area contributed by atoms with Crippen molar-refractivity contribution in [1.29, 1.82) is 0 Å². The number of amides is 1. The van der Waals surface area contributed by atoms with Crippen LogP contribution in [0.5, 0.6) is 0 Å². The molecular weight excluding hydrogens is 499 g/mol. The molecule has 3 heterocycles. The molecule has 0 N–H and O–H groups in total. The Morgan fingerprint density at radius 2 is 1.88 bits per heavy atom. The number of rotatable bonds is 3. The number of carbonyl (C=O) groups is 2.